The number of hydrogen-bond acceptors (Lipinski definition) is 5. The van der Waals surface area contributed by atoms with Gasteiger partial charge in [-0.15, -0.1) is 0 Å². The smallest absolute Gasteiger partial charge is 0.244 e. The SMILES string of the molecule is CCCCCCC(C)NS(=O)(=O)c1cccnc1NN. The molecule has 1 aromatic heterocycles. The molecule has 0 saturated carbocycles. The van der Waals surface area contributed by atoms with Crippen molar-refractivity contribution >= 4 is 15.8 Å². The van der Waals surface area contributed by atoms with Crippen LogP contribution in [0.4, 0.5) is 5.82 Å². The van der Waals surface area contributed by atoms with Crippen molar-refractivity contribution in [1.82, 2.24) is 9.71 Å². The van der Waals surface area contributed by atoms with Crippen molar-refractivity contribution in [3.63, 3.8) is 0 Å². The minimum absolute atomic E-state index is 0.0721. The quantitative estimate of drug-likeness (QED) is 0.368. The van der Waals surface area contributed by atoms with Crippen molar-refractivity contribution in [1.29, 1.82) is 0 Å². The first-order chi connectivity index (χ1) is 9.51. The highest BCUT2D eigenvalue weighted by Crippen LogP contribution is 2.17. The van der Waals surface area contributed by atoms with Gasteiger partial charge in [0, 0.05) is 12.2 Å². The van der Waals surface area contributed by atoms with Crippen molar-refractivity contribution in [3.05, 3.63) is 18.3 Å². The highest BCUT2D eigenvalue weighted by atomic mass is 32.2. The van der Waals surface area contributed by atoms with Crippen LogP contribution in [0.1, 0.15) is 46.0 Å². The lowest BCUT2D eigenvalue weighted by Crippen LogP contribution is -2.33. The number of hydrazine groups is 1. The number of nitrogen functional groups attached to an aromatic ring is 1. The van der Waals surface area contributed by atoms with Crippen LogP contribution in [0, 0.1) is 0 Å². The second kappa shape index (κ2) is 8.18. The lowest BCUT2D eigenvalue weighted by Gasteiger charge is -2.15. The largest absolute Gasteiger partial charge is 0.307 e. The zero-order valence-corrected chi connectivity index (χ0v) is 12.9. The van der Waals surface area contributed by atoms with Gasteiger partial charge in [-0.25, -0.2) is 24.0 Å². The predicted molar refractivity (Wildman–Crippen MR) is 80.6 cm³/mol. The van der Waals surface area contributed by atoms with E-state index in [1.807, 2.05) is 6.92 Å². The van der Waals surface area contributed by atoms with Crippen molar-refractivity contribution in [2.24, 2.45) is 5.84 Å². The third-order valence-electron chi connectivity index (χ3n) is 3.04. The molecule has 0 aliphatic carbocycles. The third-order valence-corrected chi connectivity index (χ3v) is 4.67. The fourth-order valence-electron chi connectivity index (χ4n) is 1.98. The maximum atomic E-state index is 12.3. The first-order valence-electron chi connectivity index (χ1n) is 6.95. The van der Waals surface area contributed by atoms with E-state index in [9.17, 15) is 8.42 Å². The Morgan fingerprint density at radius 3 is 2.75 bits per heavy atom. The number of hydrogen-bond donors (Lipinski definition) is 3. The molecule has 1 heterocycles. The maximum Gasteiger partial charge on any atom is 0.244 e. The van der Waals surface area contributed by atoms with E-state index in [2.05, 4.69) is 22.1 Å². The first kappa shape index (κ1) is 16.9. The molecule has 1 aromatic rings. The van der Waals surface area contributed by atoms with Gasteiger partial charge in [-0.05, 0) is 25.5 Å². The molecule has 4 N–H and O–H groups in total. The molecule has 0 spiro atoms. The summed E-state index contributed by atoms with van der Waals surface area (Å²) >= 11 is 0. The Morgan fingerprint density at radius 1 is 1.35 bits per heavy atom. The number of sulfonamides is 1. The van der Waals surface area contributed by atoms with E-state index in [0.717, 1.165) is 19.3 Å². The molecule has 0 fully saturated rings. The molecular formula is C13H24N4O2S. The van der Waals surface area contributed by atoms with E-state index in [4.69, 9.17) is 5.84 Å². The van der Waals surface area contributed by atoms with Gasteiger partial charge >= 0.3 is 0 Å². The summed E-state index contributed by atoms with van der Waals surface area (Å²) in [6.45, 7) is 4.02. The lowest BCUT2D eigenvalue weighted by atomic mass is 10.1. The van der Waals surface area contributed by atoms with Gasteiger partial charge in [0.2, 0.25) is 10.0 Å². The van der Waals surface area contributed by atoms with Crippen LogP contribution in [-0.4, -0.2) is 19.4 Å². The van der Waals surface area contributed by atoms with Crippen LogP contribution in [0.5, 0.6) is 0 Å². The topological polar surface area (TPSA) is 97.1 Å². The van der Waals surface area contributed by atoms with Gasteiger partial charge in [0.1, 0.15) is 4.90 Å². The molecule has 7 heteroatoms. The van der Waals surface area contributed by atoms with Crippen LogP contribution in [0.3, 0.4) is 0 Å². The van der Waals surface area contributed by atoms with E-state index < -0.39 is 10.0 Å². The van der Waals surface area contributed by atoms with E-state index in [1.54, 1.807) is 6.07 Å². The summed E-state index contributed by atoms with van der Waals surface area (Å²) in [7, 11) is -3.60. The van der Waals surface area contributed by atoms with Gasteiger partial charge in [0.05, 0.1) is 0 Å². The van der Waals surface area contributed by atoms with E-state index in [1.165, 1.54) is 25.1 Å². The molecule has 0 saturated heterocycles. The van der Waals surface area contributed by atoms with Gasteiger partial charge in [-0.2, -0.15) is 0 Å². The highest BCUT2D eigenvalue weighted by molar-refractivity contribution is 7.89. The molecule has 0 aliphatic heterocycles. The minimum atomic E-state index is -3.60. The summed E-state index contributed by atoms with van der Waals surface area (Å²) < 4.78 is 27.2. The number of pyridine rings is 1. The molecule has 1 rings (SSSR count). The summed E-state index contributed by atoms with van der Waals surface area (Å²) in [5, 5.41) is 0. The Kier molecular flexibility index (Phi) is 6.90. The number of aromatic nitrogens is 1. The molecule has 0 aromatic carbocycles. The Morgan fingerprint density at radius 2 is 2.10 bits per heavy atom. The third kappa shape index (κ3) is 5.07. The van der Waals surface area contributed by atoms with Crippen LogP contribution in [0.25, 0.3) is 0 Å². The average Bonchev–Trinajstić information content (AvgIpc) is 2.43. The first-order valence-corrected chi connectivity index (χ1v) is 8.43. The maximum absolute atomic E-state index is 12.3. The molecule has 0 radical (unpaired) electrons. The molecule has 1 unspecified atom stereocenters. The number of nitrogens with zero attached hydrogens (tertiary/aromatic N) is 1. The zero-order valence-electron chi connectivity index (χ0n) is 12.1. The predicted octanol–water partition coefficient (Wildman–Crippen LogP) is 2.00. The summed E-state index contributed by atoms with van der Waals surface area (Å²) in [4.78, 5) is 3.97. The average molecular weight is 300 g/mol. The molecule has 6 nitrogen and oxygen atoms in total. The molecule has 20 heavy (non-hydrogen) atoms. The number of anilines is 1. The Hall–Kier alpha value is -1.18. The van der Waals surface area contributed by atoms with Gasteiger partial charge in [-0.1, -0.05) is 32.6 Å². The van der Waals surface area contributed by atoms with E-state index in [-0.39, 0.29) is 16.8 Å². The molecule has 0 bridgehead atoms. The van der Waals surface area contributed by atoms with Crippen LogP contribution in [-0.2, 0) is 10.0 Å². The highest BCUT2D eigenvalue weighted by Gasteiger charge is 2.21. The van der Waals surface area contributed by atoms with Crippen LogP contribution in [0.15, 0.2) is 23.2 Å². The Labute approximate surface area is 121 Å². The van der Waals surface area contributed by atoms with Crippen molar-refractivity contribution < 1.29 is 8.42 Å². The van der Waals surface area contributed by atoms with Crippen molar-refractivity contribution in [2.75, 3.05) is 5.43 Å². The standard InChI is InChI=1S/C13H24N4O2S/c1-3-4-5-6-8-11(2)17-20(18,19)12-9-7-10-15-13(12)16-14/h7,9-11,17H,3-6,8,14H2,1-2H3,(H,15,16). The summed E-state index contributed by atoms with van der Waals surface area (Å²) in [6, 6.07) is 2.94. The fourth-order valence-corrected chi connectivity index (χ4v) is 3.38. The number of nitrogens with two attached hydrogens (primary N) is 1. The second-order valence-corrected chi connectivity index (χ2v) is 6.55. The van der Waals surface area contributed by atoms with Crippen LogP contribution in [0.2, 0.25) is 0 Å². The molecule has 1 atom stereocenters. The monoisotopic (exact) mass is 300 g/mol. The molecular weight excluding hydrogens is 276 g/mol. The zero-order chi connectivity index (χ0) is 15.0. The molecule has 0 aliphatic rings. The van der Waals surface area contributed by atoms with Gasteiger partial charge in [0.25, 0.3) is 0 Å². The molecule has 114 valence electrons. The normalized spacial score (nSPS) is 13.2. The van der Waals surface area contributed by atoms with Crippen molar-refractivity contribution in [2.45, 2.75) is 56.9 Å². The molecule has 0 amide bonds. The number of rotatable bonds is 9. The van der Waals surface area contributed by atoms with Gasteiger partial charge in [-0.3, -0.25) is 0 Å². The van der Waals surface area contributed by atoms with Crippen molar-refractivity contribution in [3.8, 4) is 0 Å². The lowest BCUT2D eigenvalue weighted by molar-refractivity contribution is 0.522. The number of nitrogens with one attached hydrogen (secondary N) is 2. The second-order valence-electron chi connectivity index (χ2n) is 4.87. The van der Waals surface area contributed by atoms with E-state index in [0.29, 0.717) is 0 Å². The summed E-state index contributed by atoms with van der Waals surface area (Å²) in [6.07, 6.45) is 6.82. The van der Waals surface area contributed by atoms with Gasteiger partial charge < -0.3 is 5.43 Å². The van der Waals surface area contributed by atoms with E-state index >= 15 is 0 Å². The number of unbranched alkanes of at least 4 members (excludes halogenated alkanes) is 3. The fraction of sp³-hybridized carbons (Fsp3) is 0.615. The Bertz CT molecular complexity index is 505. The summed E-state index contributed by atoms with van der Waals surface area (Å²) in [5.74, 6) is 5.44. The summed E-state index contributed by atoms with van der Waals surface area (Å²) in [5.41, 5.74) is 2.30. The minimum Gasteiger partial charge on any atom is -0.307 e. The van der Waals surface area contributed by atoms with Gasteiger partial charge in [0.15, 0.2) is 5.82 Å². The Balaban J connectivity index is 2.65. The van der Waals surface area contributed by atoms with Crippen LogP contribution < -0.4 is 16.0 Å². The van der Waals surface area contributed by atoms with Crippen LogP contribution >= 0.6 is 0 Å².